The SMILES string of the molecule is CCNCCNC(=O)c1ccc(NS(C)(=O)=O)cc1.Cl. The zero-order valence-electron chi connectivity index (χ0n) is 11.5. The minimum absolute atomic E-state index is 0. The van der Waals surface area contributed by atoms with E-state index in [4.69, 9.17) is 0 Å². The molecule has 0 aliphatic rings. The Kier molecular flexibility index (Phi) is 8.21. The fourth-order valence-corrected chi connectivity index (χ4v) is 2.01. The summed E-state index contributed by atoms with van der Waals surface area (Å²) in [6, 6.07) is 6.27. The summed E-state index contributed by atoms with van der Waals surface area (Å²) in [6.45, 7) is 4.13. The first-order valence-electron chi connectivity index (χ1n) is 5.99. The lowest BCUT2D eigenvalue weighted by atomic mass is 10.2. The molecule has 0 aromatic heterocycles. The number of carbonyl (C=O) groups excluding carboxylic acids is 1. The van der Waals surface area contributed by atoms with Crippen LogP contribution < -0.4 is 15.4 Å². The summed E-state index contributed by atoms with van der Waals surface area (Å²) in [5.41, 5.74) is 0.933. The van der Waals surface area contributed by atoms with E-state index in [1.165, 1.54) is 0 Å². The Morgan fingerprint density at radius 3 is 2.25 bits per heavy atom. The van der Waals surface area contributed by atoms with Crippen LogP contribution in [0.25, 0.3) is 0 Å². The van der Waals surface area contributed by atoms with Crippen molar-refractivity contribution in [3.05, 3.63) is 29.8 Å². The molecule has 0 heterocycles. The van der Waals surface area contributed by atoms with Crippen molar-refractivity contribution in [1.29, 1.82) is 0 Å². The van der Waals surface area contributed by atoms with E-state index in [0.717, 1.165) is 19.3 Å². The number of carbonyl (C=O) groups is 1. The molecule has 0 unspecified atom stereocenters. The number of hydrogen-bond acceptors (Lipinski definition) is 4. The van der Waals surface area contributed by atoms with Gasteiger partial charge in [0.1, 0.15) is 0 Å². The van der Waals surface area contributed by atoms with Crippen molar-refractivity contribution < 1.29 is 13.2 Å². The van der Waals surface area contributed by atoms with Gasteiger partial charge in [0.15, 0.2) is 0 Å². The molecule has 1 rings (SSSR count). The first-order chi connectivity index (χ1) is 8.92. The van der Waals surface area contributed by atoms with Gasteiger partial charge < -0.3 is 10.6 Å². The molecule has 0 saturated carbocycles. The molecule has 0 saturated heterocycles. The van der Waals surface area contributed by atoms with E-state index in [0.29, 0.717) is 17.8 Å². The van der Waals surface area contributed by atoms with Gasteiger partial charge in [0.2, 0.25) is 10.0 Å². The third-order valence-corrected chi connectivity index (χ3v) is 2.89. The van der Waals surface area contributed by atoms with Crippen molar-refractivity contribution >= 4 is 34.0 Å². The van der Waals surface area contributed by atoms with Crippen LogP contribution >= 0.6 is 12.4 Å². The van der Waals surface area contributed by atoms with Crippen LogP contribution in [0.15, 0.2) is 24.3 Å². The van der Waals surface area contributed by atoms with E-state index in [-0.39, 0.29) is 18.3 Å². The van der Waals surface area contributed by atoms with Gasteiger partial charge in [-0.15, -0.1) is 12.4 Å². The van der Waals surface area contributed by atoms with Crippen LogP contribution in [0.5, 0.6) is 0 Å². The monoisotopic (exact) mass is 321 g/mol. The lowest BCUT2D eigenvalue weighted by Gasteiger charge is -2.07. The molecule has 0 aliphatic carbocycles. The van der Waals surface area contributed by atoms with Gasteiger partial charge in [-0.05, 0) is 30.8 Å². The smallest absolute Gasteiger partial charge is 0.251 e. The van der Waals surface area contributed by atoms with E-state index < -0.39 is 10.0 Å². The van der Waals surface area contributed by atoms with Crippen LogP contribution in [0.1, 0.15) is 17.3 Å². The highest BCUT2D eigenvalue weighted by atomic mass is 35.5. The molecular formula is C12H20ClN3O3S. The molecule has 0 radical (unpaired) electrons. The van der Waals surface area contributed by atoms with E-state index in [2.05, 4.69) is 15.4 Å². The average molecular weight is 322 g/mol. The maximum absolute atomic E-state index is 11.7. The fraction of sp³-hybridized carbons (Fsp3) is 0.417. The maximum atomic E-state index is 11.7. The Hall–Kier alpha value is -1.31. The summed E-state index contributed by atoms with van der Waals surface area (Å²) < 4.78 is 24.4. The van der Waals surface area contributed by atoms with E-state index in [1.807, 2.05) is 6.92 Å². The summed E-state index contributed by atoms with van der Waals surface area (Å²) in [7, 11) is -3.29. The molecule has 20 heavy (non-hydrogen) atoms. The normalized spacial score (nSPS) is 10.5. The number of anilines is 1. The van der Waals surface area contributed by atoms with Crippen LogP contribution in [0.2, 0.25) is 0 Å². The highest BCUT2D eigenvalue weighted by Crippen LogP contribution is 2.10. The minimum atomic E-state index is -3.29. The van der Waals surface area contributed by atoms with Crippen LogP contribution in [-0.2, 0) is 10.0 Å². The number of sulfonamides is 1. The first kappa shape index (κ1) is 18.7. The molecule has 0 aliphatic heterocycles. The van der Waals surface area contributed by atoms with Gasteiger partial charge in [-0.25, -0.2) is 8.42 Å². The van der Waals surface area contributed by atoms with Crippen LogP contribution in [-0.4, -0.2) is 40.2 Å². The van der Waals surface area contributed by atoms with E-state index in [1.54, 1.807) is 24.3 Å². The highest BCUT2D eigenvalue weighted by molar-refractivity contribution is 7.92. The number of likely N-dealkylation sites (N-methyl/N-ethyl adjacent to an activating group) is 1. The van der Waals surface area contributed by atoms with Crippen molar-refractivity contribution in [2.45, 2.75) is 6.92 Å². The molecule has 6 nitrogen and oxygen atoms in total. The number of hydrogen-bond donors (Lipinski definition) is 3. The Morgan fingerprint density at radius 2 is 1.75 bits per heavy atom. The van der Waals surface area contributed by atoms with E-state index in [9.17, 15) is 13.2 Å². The van der Waals surface area contributed by atoms with Crippen LogP contribution in [0.4, 0.5) is 5.69 Å². The Balaban J connectivity index is 0.00000361. The summed E-state index contributed by atoms with van der Waals surface area (Å²) in [6.07, 6.45) is 1.08. The molecule has 0 atom stereocenters. The van der Waals surface area contributed by atoms with Gasteiger partial charge >= 0.3 is 0 Å². The summed E-state index contributed by atoms with van der Waals surface area (Å²) in [5.74, 6) is -0.177. The third kappa shape index (κ3) is 7.32. The Labute approximate surface area is 125 Å². The average Bonchev–Trinajstić information content (AvgIpc) is 2.33. The quantitative estimate of drug-likeness (QED) is 0.649. The molecular weight excluding hydrogens is 302 g/mol. The van der Waals surface area contributed by atoms with Crippen LogP contribution in [0.3, 0.4) is 0 Å². The number of rotatable bonds is 7. The molecule has 0 spiro atoms. The summed E-state index contributed by atoms with van der Waals surface area (Å²) >= 11 is 0. The second-order valence-electron chi connectivity index (χ2n) is 4.06. The molecule has 0 fully saturated rings. The molecule has 1 aromatic carbocycles. The van der Waals surface area contributed by atoms with Crippen molar-refractivity contribution in [3.8, 4) is 0 Å². The third-order valence-electron chi connectivity index (χ3n) is 2.29. The number of amides is 1. The summed E-state index contributed by atoms with van der Waals surface area (Å²) in [4.78, 5) is 11.7. The molecule has 1 aromatic rings. The molecule has 3 N–H and O–H groups in total. The highest BCUT2D eigenvalue weighted by Gasteiger charge is 2.06. The van der Waals surface area contributed by atoms with Gasteiger partial charge in [-0.3, -0.25) is 9.52 Å². The lowest BCUT2D eigenvalue weighted by molar-refractivity contribution is 0.0954. The Morgan fingerprint density at radius 1 is 1.15 bits per heavy atom. The second kappa shape index (κ2) is 8.78. The van der Waals surface area contributed by atoms with Crippen molar-refractivity contribution in [3.63, 3.8) is 0 Å². The van der Waals surface area contributed by atoms with Crippen molar-refractivity contribution in [2.75, 3.05) is 30.6 Å². The van der Waals surface area contributed by atoms with Crippen LogP contribution in [0, 0.1) is 0 Å². The predicted molar refractivity (Wildman–Crippen MR) is 83.0 cm³/mol. The first-order valence-corrected chi connectivity index (χ1v) is 7.88. The fourth-order valence-electron chi connectivity index (χ4n) is 1.45. The standard InChI is InChI=1S/C12H19N3O3S.ClH/c1-3-13-8-9-14-12(16)10-4-6-11(7-5-10)15-19(2,17)18;/h4-7,13,15H,3,8-9H2,1-2H3,(H,14,16);1H. The lowest BCUT2D eigenvalue weighted by Crippen LogP contribution is -2.31. The van der Waals surface area contributed by atoms with E-state index >= 15 is 0 Å². The second-order valence-corrected chi connectivity index (χ2v) is 5.81. The number of benzene rings is 1. The zero-order chi connectivity index (χ0) is 14.3. The van der Waals surface area contributed by atoms with Gasteiger partial charge in [-0.1, -0.05) is 6.92 Å². The molecule has 8 heteroatoms. The molecule has 114 valence electrons. The van der Waals surface area contributed by atoms with Gasteiger partial charge in [0.25, 0.3) is 5.91 Å². The summed E-state index contributed by atoms with van der Waals surface area (Å²) in [5, 5.41) is 5.86. The van der Waals surface area contributed by atoms with Crippen molar-refractivity contribution in [1.82, 2.24) is 10.6 Å². The van der Waals surface area contributed by atoms with Crippen molar-refractivity contribution in [2.24, 2.45) is 0 Å². The molecule has 1 amide bonds. The molecule has 0 bridgehead atoms. The zero-order valence-corrected chi connectivity index (χ0v) is 13.1. The van der Waals surface area contributed by atoms with Gasteiger partial charge in [-0.2, -0.15) is 0 Å². The number of nitrogens with one attached hydrogen (secondary N) is 3. The largest absolute Gasteiger partial charge is 0.351 e. The van der Waals surface area contributed by atoms with Gasteiger partial charge in [0, 0.05) is 24.3 Å². The Bertz CT molecular complexity index is 517. The van der Waals surface area contributed by atoms with Gasteiger partial charge in [0.05, 0.1) is 6.26 Å². The maximum Gasteiger partial charge on any atom is 0.251 e. The topological polar surface area (TPSA) is 87.3 Å². The number of halogens is 1. The minimum Gasteiger partial charge on any atom is -0.351 e. The predicted octanol–water partition coefficient (Wildman–Crippen LogP) is 0.819.